The molecule has 134 valence electrons. The number of likely N-dealkylation sites (tertiary alicyclic amines) is 1. The predicted octanol–water partition coefficient (Wildman–Crippen LogP) is 1.18. The van der Waals surface area contributed by atoms with Crippen LogP contribution >= 0.6 is 0 Å². The van der Waals surface area contributed by atoms with Crippen molar-refractivity contribution in [2.24, 2.45) is 11.8 Å². The second-order valence-electron chi connectivity index (χ2n) is 7.96. The molecule has 2 saturated heterocycles. The van der Waals surface area contributed by atoms with Crippen LogP contribution in [0.4, 0.5) is 4.79 Å². The molecule has 0 aromatic carbocycles. The molecule has 6 nitrogen and oxygen atoms in total. The fourth-order valence-electron chi connectivity index (χ4n) is 3.59. The van der Waals surface area contributed by atoms with Crippen LogP contribution in [0.15, 0.2) is 0 Å². The van der Waals surface area contributed by atoms with Crippen molar-refractivity contribution in [3.8, 4) is 0 Å². The first-order valence-corrected chi connectivity index (χ1v) is 10.4. The number of piperidine rings is 1. The molecule has 0 unspecified atom stereocenters. The van der Waals surface area contributed by atoms with Crippen LogP contribution in [0.5, 0.6) is 0 Å². The third-order valence-corrected chi connectivity index (χ3v) is 6.64. The standard InChI is InChI=1S/C16H31N3O3S/c1-13-9-14(2)11-19(10-13)16(3,4)12-17-15(20)18-5-7-23(21,22)8-6-18/h13-14H,5-12H2,1-4H3,(H,17,20)/t13-,14-/m0/s1. The van der Waals surface area contributed by atoms with Gasteiger partial charge >= 0.3 is 6.03 Å². The van der Waals surface area contributed by atoms with E-state index >= 15 is 0 Å². The highest BCUT2D eigenvalue weighted by Crippen LogP contribution is 2.26. The van der Waals surface area contributed by atoms with E-state index in [1.54, 1.807) is 4.90 Å². The number of nitrogens with zero attached hydrogens (tertiary/aromatic N) is 2. The van der Waals surface area contributed by atoms with E-state index in [-0.39, 0.29) is 23.1 Å². The highest BCUT2D eigenvalue weighted by molar-refractivity contribution is 7.91. The molecule has 2 aliphatic heterocycles. The van der Waals surface area contributed by atoms with E-state index in [0.29, 0.717) is 31.5 Å². The summed E-state index contributed by atoms with van der Waals surface area (Å²) in [5.41, 5.74) is -0.0968. The summed E-state index contributed by atoms with van der Waals surface area (Å²) in [6, 6.07) is -0.147. The molecule has 2 amide bonds. The summed E-state index contributed by atoms with van der Waals surface area (Å²) in [6.07, 6.45) is 1.27. The number of hydrogen-bond donors (Lipinski definition) is 1. The SMILES string of the molecule is C[C@H]1C[C@H](C)CN(C(C)(C)CNC(=O)N2CCS(=O)(=O)CC2)C1. The van der Waals surface area contributed by atoms with E-state index in [9.17, 15) is 13.2 Å². The van der Waals surface area contributed by atoms with Crippen molar-refractivity contribution in [3.63, 3.8) is 0 Å². The minimum atomic E-state index is -2.95. The lowest BCUT2D eigenvalue weighted by Gasteiger charge is -2.45. The molecule has 0 aromatic rings. The number of amides is 2. The van der Waals surface area contributed by atoms with Crippen molar-refractivity contribution in [2.75, 3.05) is 44.2 Å². The molecule has 2 heterocycles. The quantitative estimate of drug-likeness (QED) is 0.834. The van der Waals surface area contributed by atoms with Crippen LogP contribution in [0.3, 0.4) is 0 Å². The molecular weight excluding hydrogens is 314 g/mol. The van der Waals surface area contributed by atoms with Gasteiger partial charge < -0.3 is 10.2 Å². The van der Waals surface area contributed by atoms with Gasteiger partial charge in [0.1, 0.15) is 0 Å². The lowest BCUT2D eigenvalue weighted by atomic mass is 9.88. The Labute approximate surface area is 140 Å². The van der Waals surface area contributed by atoms with Crippen LogP contribution in [0, 0.1) is 11.8 Å². The van der Waals surface area contributed by atoms with Crippen LogP contribution in [0.1, 0.15) is 34.1 Å². The Morgan fingerprint density at radius 2 is 1.65 bits per heavy atom. The third-order valence-electron chi connectivity index (χ3n) is 5.03. The maximum absolute atomic E-state index is 12.3. The van der Waals surface area contributed by atoms with Crippen LogP contribution < -0.4 is 5.32 Å². The molecule has 0 aromatic heterocycles. The van der Waals surface area contributed by atoms with Gasteiger partial charge in [-0.3, -0.25) is 4.90 Å². The number of rotatable bonds is 3. The van der Waals surface area contributed by atoms with Gasteiger partial charge in [-0.05, 0) is 32.1 Å². The topological polar surface area (TPSA) is 69.7 Å². The fraction of sp³-hybridized carbons (Fsp3) is 0.938. The lowest BCUT2D eigenvalue weighted by molar-refractivity contribution is 0.0464. The van der Waals surface area contributed by atoms with Gasteiger partial charge in [-0.1, -0.05) is 13.8 Å². The third kappa shape index (κ3) is 5.08. The minimum absolute atomic E-state index is 0.0744. The number of hydrogen-bond acceptors (Lipinski definition) is 4. The molecule has 2 atom stereocenters. The van der Waals surface area contributed by atoms with Gasteiger partial charge in [-0.2, -0.15) is 0 Å². The molecule has 23 heavy (non-hydrogen) atoms. The number of carbonyl (C=O) groups is 1. The van der Waals surface area contributed by atoms with Gasteiger partial charge in [-0.15, -0.1) is 0 Å². The van der Waals surface area contributed by atoms with E-state index in [1.807, 2.05) is 0 Å². The number of sulfone groups is 1. The van der Waals surface area contributed by atoms with E-state index in [2.05, 4.69) is 37.9 Å². The molecule has 7 heteroatoms. The second kappa shape index (κ2) is 6.97. The maximum atomic E-state index is 12.3. The van der Waals surface area contributed by atoms with Crippen LogP contribution in [0.2, 0.25) is 0 Å². The van der Waals surface area contributed by atoms with Crippen molar-refractivity contribution in [3.05, 3.63) is 0 Å². The summed E-state index contributed by atoms with van der Waals surface area (Å²) in [4.78, 5) is 16.3. The van der Waals surface area contributed by atoms with Crippen molar-refractivity contribution < 1.29 is 13.2 Å². The van der Waals surface area contributed by atoms with E-state index < -0.39 is 9.84 Å². The average molecular weight is 346 g/mol. The molecule has 0 aliphatic carbocycles. The highest BCUT2D eigenvalue weighted by atomic mass is 32.2. The summed E-state index contributed by atoms with van der Waals surface area (Å²) in [5.74, 6) is 1.51. The van der Waals surface area contributed by atoms with Crippen molar-refractivity contribution in [1.82, 2.24) is 15.1 Å². The van der Waals surface area contributed by atoms with E-state index in [1.165, 1.54) is 6.42 Å². The lowest BCUT2D eigenvalue weighted by Crippen LogP contribution is -2.58. The molecule has 2 aliphatic rings. The molecule has 0 radical (unpaired) electrons. The van der Waals surface area contributed by atoms with Crippen molar-refractivity contribution in [2.45, 2.75) is 39.7 Å². The second-order valence-corrected chi connectivity index (χ2v) is 10.3. The monoisotopic (exact) mass is 345 g/mol. The minimum Gasteiger partial charge on any atom is -0.336 e. The normalized spacial score (nSPS) is 29.3. The average Bonchev–Trinajstić information content (AvgIpc) is 2.44. The summed E-state index contributed by atoms with van der Waals surface area (Å²) >= 11 is 0. The predicted molar refractivity (Wildman–Crippen MR) is 92.2 cm³/mol. The van der Waals surface area contributed by atoms with Gasteiger partial charge in [0.25, 0.3) is 0 Å². The first-order chi connectivity index (χ1) is 10.6. The molecule has 2 fully saturated rings. The van der Waals surface area contributed by atoms with E-state index in [0.717, 1.165) is 13.1 Å². The van der Waals surface area contributed by atoms with E-state index in [4.69, 9.17) is 0 Å². The summed E-state index contributed by atoms with van der Waals surface area (Å²) in [5, 5.41) is 3.00. The fourth-order valence-corrected chi connectivity index (χ4v) is 4.79. The van der Waals surface area contributed by atoms with Crippen LogP contribution in [-0.4, -0.2) is 74.0 Å². The molecule has 0 bridgehead atoms. The molecule has 0 spiro atoms. The van der Waals surface area contributed by atoms with Gasteiger partial charge in [0.05, 0.1) is 11.5 Å². The Morgan fingerprint density at radius 3 is 2.17 bits per heavy atom. The number of urea groups is 1. The largest absolute Gasteiger partial charge is 0.336 e. The van der Waals surface area contributed by atoms with Gasteiger partial charge in [0.15, 0.2) is 9.84 Å². The zero-order valence-corrected chi connectivity index (χ0v) is 15.7. The van der Waals surface area contributed by atoms with Gasteiger partial charge in [0, 0.05) is 38.3 Å². The Hall–Kier alpha value is -0.820. The summed E-state index contributed by atoms with van der Waals surface area (Å²) < 4.78 is 22.9. The zero-order valence-electron chi connectivity index (χ0n) is 14.8. The Morgan fingerprint density at radius 1 is 1.13 bits per heavy atom. The molecule has 2 rings (SSSR count). The summed E-state index contributed by atoms with van der Waals surface area (Å²) in [6.45, 7) is 12.2. The number of nitrogens with one attached hydrogen (secondary N) is 1. The van der Waals surface area contributed by atoms with Crippen LogP contribution in [-0.2, 0) is 9.84 Å². The Balaban J connectivity index is 1.85. The smallest absolute Gasteiger partial charge is 0.317 e. The van der Waals surface area contributed by atoms with Gasteiger partial charge in [0.2, 0.25) is 0 Å². The van der Waals surface area contributed by atoms with Gasteiger partial charge in [-0.25, -0.2) is 13.2 Å². The maximum Gasteiger partial charge on any atom is 0.317 e. The highest BCUT2D eigenvalue weighted by Gasteiger charge is 2.33. The van der Waals surface area contributed by atoms with Crippen molar-refractivity contribution in [1.29, 1.82) is 0 Å². The molecule has 0 saturated carbocycles. The first kappa shape index (κ1) is 18.5. The number of carbonyl (C=O) groups excluding carboxylic acids is 1. The first-order valence-electron chi connectivity index (χ1n) is 8.57. The Kier molecular flexibility index (Phi) is 5.61. The zero-order chi connectivity index (χ0) is 17.3. The van der Waals surface area contributed by atoms with Crippen molar-refractivity contribution >= 4 is 15.9 Å². The van der Waals surface area contributed by atoms with Crippen LogP contribution in [0.25, 0.3) is 0 Å². The Bertz CT molecular complexity index is 509. The summed E-state index contributed by atoms with van der Waals surface area (Å²) in [7, 11) is -2.95. The molecule has 1 N–H and O–H groups in total. The molecular formula is C16H31N3O3S.